The van der Waals surface area contributed by atoms with Gasteiger partial charge in [-0.3, -0.25) is 9.69 Å². The van der Waals surface area contributed by atoms with Gasteiger partial charge in [0.15, 0.2) is 0 Å². The molecule has 8 heteroatoms. The number of cyclic esters (lactones) is 1. The van der Waals surface area contributed by atoms with E-state index in [0.717, 1.165) is 12.1 Å². The first-order valence-electron chi connectivity index (χ1n) is 9.57. The molecule has 0 aliphatic carbocycles. The van der Waals surface area contributed by atoms with Crippen LogP contribution in [0.5, 0.6) is 0 Å². The van der Waals surface area contributed by atoms with Crippen LogP contribution < -0.4 is 0 Å². The normalized spacial score (nSPS) is 35.4. The predicted octanol–water partition coefficient (Wildman–Crippen LogP) is 0.734. The molecule has 8 nitrogen and oxygen atoms in total. The first-order valence-corrected chi connectivity index (χ1v) is 9.57. The summed E-state index contributed by atoms with van der Waals surface area (Å²) in [6.45, 7) is 7.83. The number of rotatable bonds is 5. The Hall–Kier alpha value is -2.19. The number of aliphatic hydroxyl groups is 1. The van der Waals surface area contributed by atoms with E-state index < -0.39 is 29.6 Å². The summed E-state index contributed by atoms with van der Waals surface area (Å²) < 4.78 is 16.0. The molecule has 0 aromatic rings. The Morgan fingerprint density at radius 1 is 1.43 bits per heavy atom. The fraction of sp³-hybridized carbons (Fsp3) is 0.650. The highest BCUT2D eigenvalue weighted by Gasteiger charge is 2.59. The van der Waals surface area contributed by atoms with Gasteiger partial charge in [-0.05, 0) is 39.7 Å². The molecule has 3 aliphatic heterocycles. The number of hydrogen-bond donors (Lipinski definition) is 1. The van der Waals surface area contributed by atoms with Gasteiger partial charge in [0.05, 0.1) is 12.0 Å². The van der Waals surface area contributed by atoms with Crippen molar-refractivity contribution < 1.29 is 33.7 Å². The Labute approximate surface area is 164 Å². The van der Waals surface area contributed by atoms with Gasteiger partial charge in [-0.25, -0.2) is 9.59 Å². The Bertz CT molecular complexity index is 743. The second kappa shape index (κ2) is 7.67. The van der Waals surface area contributed by atoms with Crippen molar-refractivity contribution in [2.45, 2.75) is 58.0 Å². The molecule has 0 spiro atoms. The number of nitrogens with zero attached hydrogens (tertiary/aromatic N) is 1. The van der Waals surface area contributed by atoms with Gasteiger partial charge in [-0.2, -0.15) is 0 Å². The number of carbonyl (C=O) groups excluding carboxylic acids is 3. The van der Waals surface area contributed by atoms with Crippen molar-refractivity contribution in [2.75, 3.05) is 19.7 Å². The van der Waals surface area contributed by atoms with Gasteiger partial charge in [0.1, 0.15) is 18.8 Å². The number of esters is 3. The first kappa shape index (κ1) is 20.5. The molecule has 0 aromatic heterocycles. The summed E-state index contributed by atoms with van der Waals surface area (Å²) in [6, 6.07) is -0.146. The highest BCUT2D eigenvalue weighted by atomic mass is 16.6. The largest absolute Gasteiger partial charge is 0.459 e. The summed E-state index contributed by atoms with van der Waals surface area (Å²) in [6.07, 6.45) is 3.08. The third-order valence-corrected chi connectivity index (χ3v) is 6.05. The standard InChI is InChI=1S/C20H27NO7/c1-5-11(2)17(22)28-15-7-9-21-8-6-14(16(15)21)10-26-19(24)20(25)12(3)18(23)27-13(20)4/h5-6,12-13,15-16,25H,7-10H2,1-4H3/b11-5+. The lowest BCUT2D eigenvalue weighted by atomic mass is 9.87. The quantitative estimate of drug-likeness (QED) is 0.316. The van der Waals surface area contributed by atoms with Crippen LogP contribution in [0.4, 0.5) is 0 Å². The molecule has 0 radical (unpaired) electrons. The number of hydrogen-bond acceptors (Lipinski definition) is 8. The average Bonchev–Trinajstić information content (AvgIpc) is 3.31. The SMILES string of the molecule is C/C=C(\C)C(=O)OC1CCN2CC=C(COC(=O)C3(O)C(C)OC(=O)C3C)C12. The third-order valence-electron chi connectivity index (χ3n) is 6.05. The van der Waals surface area contributed by atoms with Crippen molar-refractivity contribution in [1.82, 2.24) is 4.90 Å². The van der Waals surface area contributed by atoms with E-state index in [9.17, 15) is 19.5 Å². The van der Waals surface area contributed by atoms with Crippen molar-refractivity contribution in [1.29, 1.82) is 0 Å². The predicted molar refractivity (Wildman–Crippen MR) is 98.0 cm³/mol. The molecule has 28 heavy (non-hydrogen) atoms. The summed E-state index contributed by atoms with van der Waals surface area (Å²) in [4.78, 5) is 38.5. The fourth-order valence-electron chi connectivity index (χ4n) is 3.98. The second-order valence-corrected chi connectivity index (χ2v) is 7.63. The molecule has 0 amide bonds. The van der Waals surface area contributed by atoms with E-state index in [2.05, 4.69) is 4.90 Å². The van der Waals surface area contributed by atoms with Crippen LogP contribution in [0.15, 0.2) is 23.3 Å². The third kappa shape index (κ3) is 3.35. The van der Waals surface area contributed by atoms with E-state index >= 15 is 0 Å². The van der Waals surface area contributed by atoms with E-state index in [4.69, 9.17) is 14.2 Å². The number of allylic oxidation sites excluding steroid dienone is 1. The maximum Gasteiger partial charge on any atom is 0.343 e. The summed E-state index contributed by atoms with van der Waals surface area (Å²) >= 11 is 0. The van der Waals surface area contributed by atoms with Gasteiger partial charge < -0.3 is 19.3 Å². The van der Waals surface area contributed by atoms with Gasteiger partial charge in [-0.1, -0.05) is 12.2 Å². The molecule has 5 atom stereocenters. The molecule has 3 rings (SSSR count). The summed E-state index contributed by atoms with van der Waals surface area (Å²) in [5.74, 6) is -2.85. The molecule has 1 N–H and O–H groups in total. The Balaban J connectivity index is 1.64. The van der Waals surface area contributed by atoms with E-state index in [1.165, 1.54) is 13.8 Å². The molecule has 2 fully saturated rings. The van der Waals surface area contributed by atoms with Crippen LogP contribution in [0.2, 0.25) is 0 Å². The minimum atomic E-state index is -2.00. The maximum absolute atomic E-state index is 12.5. The Morgan fingerprint density at radius 2 is 2.14 bits per heavy atom. The molecule has 0 bridgehead atoms. The van der Waals surface area contributed by atoms with Gasteiger partial charge >= 0.3 is 17.9 Å². The molecule has 0 aromatic carbocycles. The molecule has 0 saturated carbocycles. The Morgan fingerprint density at radius 3 is 2.75 bits per heavy atom. The molecule has 3 heterocycles. The van der Waals surface area contributed by atoms with E-state index in [1.807, 2.05) is 6.08 Å². The molecule has 5 unspecified atom stereocenters. The lowest BCUT2D eigenvalue weighted by Crippen LogP contribution is -2.50. The van der Waals surface area contributed by atoms with E-state index in [0.29, 0.717) is 18.5 Å². The zero-order valence-corrected chi connectivity index (χ0v) is 16.6. The van der Waals surface area contributed by atoms with Crippen molar-refractivity contribution in [3.63, 3.8) is 0 Å². The van der Waals surface area contributed by atoms with Crippen LogP contribution in [0, 0.1) is 5.92 Å². The molecular formula is C20H27NO7. The zero-order valence-electron chi connectivity index (χ0n) is 16.6. The van der Waals surface area contributed by atoms with E-state index in [-0.39, 0.29) is 24.7 Å². The average molecular weight is 393 g/mol. The fourth-order valence-corrected chi connectivity index (χ4v) is 3.98. The minimum absolute atomic E-state index is 0.0351. The summed E-state index contributed by atoms with van der Waals surface area (Å²) in [5.41, 5.74) is -0.624. The minimum Gasteiger partial charge on any atom is -0.459 e. The molecule has 154 valence electrons. The lowest BCUT2D eigenvalue weighted by molar-refractivity contribution is -0.173. The van der Waals surface area contributed by atoms with Gasteiger partial charge in [-0.15, -0.1) is 0 Å². The lowest BCUT2D eigenvalue weighted by Gasteiger charge is -2.27. The number of ether oxygens (including phenoxy) is 3. The van der Waals surface area contributed by atoms with Crippen LogP contribution in [0.25, 0.3) is 0 Å². The number of fused-ring (bicyclic) bond motifs is 1. The van der Waals surface area contributed by atoms with E-state index in [1.54, 1.807) is 19.9 Å². The van der Waals surface area contributed by atoms with Crippen LogP contribution in [-0.2, 0) is 28.6 Å². The van der Waals surface area contributed by atoms with Gasteiger partial charge in [0.2, 0.25) is 5.60 Å². The zero-order chi connectivity index (χ0) is 20.6. The van der Waals surface area contributed by atoms with Crippen molar-refractivity contribution >= 4 is 17.9 Å². The highest BCUT2D eigenvalue weighted by molar-refractivity contribution is 5.91. The monoisotopic (exact) mass is 393 g/mol. The topological polar surface area (TPSA) is 102 Å². The summed E-state index contributed by atoms with van der Waals surface area (Å²) in [7, 11) is 0. The number of carbonyl (C=O) groups is 3. The van der Waals surface area contributed by atoms with Crippen molar-refractivity contribution in [3.05, 3.63) is 23.3 Å². The van der Waals surface area contributed by atoms with Crippen LogP contribution in [0.3, 0.4) is 0 Å². The van der Waals surface area contributed by atoms with Crippen LogP contribution in [-0.4, -0.2) is 71.5 Å². The van der Waals surface area contributed by atoms with Crippen LogP contribution >= 0.6 is 0 Å². The van der Waals surface area contributed by atoms with Gasteiger partial charge in [0.25, 0.3) is 0 Å². The molecule has 2 saturated heterocycles. The van der Waals surface area contributed by atoms with Crippen molar-refractivity contribution in [3.8, 4) is 0 Å². The Kier molecular flexibility index (Phi) is 5.63. The maximum atomic E-state index is 12.5. The molecule has 3 aliphatic rings. The summed E-state index contributed by atoms with van der Waals surface area (Å²) in [5, 5.41) is 10.7. The first-order chi connectivity index (χ1) is 13.2. The van der Waals surface area contributed by atoms with Gasteiger partial charge in [0, 0.05) is 18.7 Å². The second-order valence-electron chi connectivity index (χ2n) is 7.63. The molecular weight excluding hydrogens is 366 g/mol. The van der Waals surface area contributed by atoms with Crippen molar-refractivity contribution in [2.24, 2.45) is 5.92 Å². The highest BCUT2D eigenvalue weighted by Crippen LogP contribution is 2.35. The van der Waals surface area contributed by atoms with Crippen LogP contribution in [0.1, 0.15) is 34.1 Å². The smallest absolute Gasteiger partial charge is 0.343 e.